The second-order valence-corrected chi connectivity index (χ2v) is 6.87. The molecule has 0 radical (unpaired) electrons. The lowest BCUT2D eigenvalue weighted by atomic mass is 10.2. The van der Waals surface area contributed by atoms with E-state index in [1.165, 1.54) is 5.56 Å². The van der Waals surface area contributed by atoms with Crippen LogP contribution in [0.1, 0.15) is 11.3 Å². The Bertz CT molecular complexity index is 817. The van der Waals surface area contributed by atoms with Gasteiger partial charge in [-0.25, -0.2) is 0 Å². The fourth-order valence-corrected chi connectivity index (χ4v) is 3.26. The minimum Gasteiger partial charge on any atom is -0.356 e. The highest BCUT2D eigenvalue weighted by Crippen LogP contribution is 2.18. The predicted molar refractivity (Wildman–Crippen MR) is 98.3 cm³/mol. The van der Waals surface area contributed by atoms with E-state index in [9.17, 15) is 4.79 Å². The maximum absolute atomic E-state index is 12.0. The average molecular weight is 361 g/mol. The van der Waals surface area contributed by atoms with Gasteiger partial charge < -0.3 is 9.84 Å². The van der Waals surface area contributed by atoms with Crippen LogP contribution in [0.2, 0.25) is 5.02 Å². The Labute approximate surface area is 149 Å². The molecule has 1 heterocycles. The molecule has 0 aliphatic rings. The molecule has 6 heteroatoms. The number of rotatable bonds is 7. The van der Waals surface area contributed by atoms with E-state index in [0.29, 0.717) is 17.8 Å². The summed E-state index contributed by atoms with van der Waals surface area (Å²) in [7, 11) is 0. The molecule has 24 heavy (non-hydrogen) atoms. The number of amides is 1. The van der Waals surface area contributed by atoms with Crippen LogP contribution in [0.3, 0.4) is 0 Å². The molecule has 0 atom stereocenters. The van der Waals surface area contributed by atoms with Gasteiger partial charge in [-0.15, -0.1) is 0 Å². The molecule has 124 valence electrons. The van der Waals surface area contributed by atoms with Crippen LogP contribution in [0.4, 0.5) is 0 Å². The molecule has 1 N–H and O–H groups in total. The van der Waals surface area contributed by atoms with Gasteiger partial charge in [-0.05, 0) is 29.8 Å². The zero-order valence-corrected chi connectivity index (χ0v) is 14.6. The highest BCUT2D eigenvalue weighted by molar-refractivity contribution is 7.98. The number of carbonyl (C=O) groups is 1. The highest BCUT2D eigenvalue weighted by atomic mass is 35.5. The minimum atomic E-state index is -0.0406. The zero-order chi connectivity index (χ0) is 16.8. The standard InChI is InChI=1S/C18H17ClN2O2S/c19-14-7-5-13(6-8-14)12-24-10-9-20-18(22)11-16-15-3-1-2-4-17(15)23-21-16/h1-8H,9-12H2,(H,20,22). The van der Waals surface area contributed by atoms with E-state index in [1.54, 1.807) is 11.8 Å². The van der Waals surface area contributed by atoms with Crippen LogP contribution >= 0.6 is 23.4 Å². The van der Waals surface area contributed by atoms with Crippen molar-refractivity contribution in [2.75, 3.05) is 12.3 Å². The Morgan fingerprint density at radius 3 is 2.79 bits per heavy atom. The van der Waals surface area contributed by atoms with Crippen molar-refractivity contribution in [2.24, 2.45) is 0 Å². The minimum absolute atomic E-state index is 0.0406. The average Bonchev–Trinajstić information content (AvgIpc) is 2.99. The number of thioether (sulfide) groups is 1. The lowest BCUT2D eigenvalue weighted by Crippen LogP contribution is -2.27. The summed E-state index contributed by atoms with van der Waals surface area (Å²) < 4.78 is 5.21. The first-order chi connectivity index (χ1) is 11.7. The molecule has 0 unspecified atom stereocenters. The molecule has 1 amide bonds. The number of halogens is 1. The molecule has 4 nitrogen and oxygen atoms in total. The first kappa shape index (κ1) is 16.9. The van der Waals surface area contributed by atoms with E-state index in [1.807, 2.05) is 48.5 Å². The van der Waals surface area contributed by atoms with Gasteiger partial charge >= 0.3 is 0 Å². The summed E-state index contributed by atoms with van der Waals surface area (Å²) in [5, 5.41) is 8.53. The second-order valence-electron chi connectivity index (χ2n) is 5.33. The van der Waals surface area contributed by atoms with Crippen molar-refractivity contribution in [3.05, 3.63) is 64.8 Å². The van der Waals surface area contributed by atoms with Crippen molar-refractivity contribution in [1.29, 1.82) is 0 Å². The molecule has 0 aliphatic heterocycles. The maximum Gasteiger partial charge on any atom is 0.226 e. The molecule has 0 spiro atoms. The zero-order valence-electron chi connectivity index (χ0n) is 13.0. The number of hydrogen-bond acceptors (Lipinski definition) is 4. The van der Waals surface area contributed by atoms with Crippen molar-refractivity contribution >= 4 is 40.2 Å². The molecule has 0 bridgehead atoms. The number of fused-ring (bicyclic) bond motifs is 1. The molecular weight excluding hydrogens is 344 g/mol. The fourth-order valence-electron chi connectivity index (χ4n) is 2.31. The van der Waals surface area contributed by atoms with Crippen LogP contribution in [0.25, 0.3) is 11.0 Å². The van der Waals surface area contributed by atoms with Crippen molar-refractivity contribution < 1.29 is 9.32 Å². The van der Waals surface area contributed by atoms with Gasteiger partial charge in [-0.2, -0.15) is 11.8 Å². The van der Waals surface area contributed by atoms with Crippen LogP contribution in [0.15, 0.2) is 53.1 Å². The third-order valence-electron chi connectivity index (χ3n) is 3.53. The van der Waals surface area contributed by atoms with Gasteiger partial charge in [-0.1, -0.05) is 41.0 Å². The van der Waals surface area contributed by atoms with Gasteiger partial charge in [-0.3, -0.25) is 4.79 Å². The monoisotopic (exact) mass is 360 g/mol. The van der Waals surface area contributed by atoms with E-state index < -0.39 is 0 Å². The molecule has 0 fully saturated rings. The van der Waals surface area contributed by atoms with Crippen molar-refractivity contribution in [2.45, 2.75) is 12.2 Å². The smallest absolute Gasteiger partial charge is 0.226 e. The SMILES string of the molecule is O=C(Cc1noc2ccccc12)NCCSCc1ccc(Cl)cc1. The van der Waals surface area contributed by atoms with Crippen molar-refractivity contribution in [1.82, 2.24) is 10.5 Å². The summed E-state index contributed by atoms with van der Waals surface area (Å²) in [5.41, 5.74) is 2.61. The first-order valence-corrected chi connectivity index (χ1v) is 9.18. The van der Waals surface area contributed by atoms with Crippen LogP contribution in [0, 0.1) is 0 Å². The molecule has 0 saturated heterocycles. The lowest BCUT2D eigenvalue weighted by molar-refractivity contribution is -0.120. The van der Waals surface area contributed by atoms with E-state index in [0.717, 1.165) is 21.9 Å². The van der Waals surface area contributed by atoms with Crippen LogP contribution in [-0.4, -0.2) is 23.4 Å². The van der Waals surface area contributed by atoms with Crippen molar-refractivity contribution in [3.63, 3.8) is 0 Å². The third-order valence-corrected chi connectivity index (χ3v) is 4.81. The van der Waals surface area contributed by atoms with Gasteiger partial charge in [0.1, 0.15) is 5.69 Å². The highest BCUT2D eigenvalue weighted by Gasteiger charge is 2.11. The molecule has 1 aromatic heterocycles. The van der Waals surface area contributed by atoms with E-state index in [-0.39, 0.29) is 12.3 Å². The Balaban J connectivity index is 1.39. The van der Waals surface area contributed by atoms with E-state index in [4.69, 9.17) is 16.1 Å². The Hall–Kier alpha value is -1.98. The molecule has 2 aromatic carbocycles. The van der Waals surface area contributed by atoms with Gasteiger partial charge in [0.15, 0.2) is 5.58 Å². The van der Waals surface area contributed by atoms with Crippen molar-refractivity contribution in [3.8, 4) is 0 Å². The molecule has 0 saturated carbocycles. The molecular formula is C18H17ClN2O2S. The molecule has 3 rings (SSSR count). The Morgan fingerprint density at radius 1 is 1.17 bits per heavy atom. The summed E-state index contributed by atoms with van der Waals surface area (Å²) >= 11 is 7.63. The topological polar surface area (TPSA) is 55.1 Å². The number of benzene rings is 2. The predicted octanol–water partition coefficient (Wildman–Crippen LogP) is 4.07. The second kappa shape index (κ2) is 8.22. The lowest BCUT2D eigenvalue weighted by Gasteiger charge is -2.05. The summed E-state index contributed by atoms with van der Waals surface area (Å²) in [4.78, 5) is 12.0. The van der Waals surface area contributed by atoms with E-state index in [2.05, 4.69) is 10.5 Å². The van der Waals surface area contributed by atoms with Gasteiger partial charge in [0.05, 0.1) is 6.42 Å². The molecule has 0 aliphatic carbocycles. The quantitative estimate of drug-likeness (QED) is 0.645. The molecule has 3 aromatic rings. The fraction of sp³-hybridized carbons (Fsp3) is 0.222. The number of aromatic nitrogens is 1. The van der Waals surface area contributed by atoms with Crippen LogP contribution in [-0.2, 0) is 17.0 Å². The maximum atomic E-state index is 12.0. The van der Waals surface area contributed by atoms with Crippen LogP contribution in [0.5, 0.6) is 0 Å². The summed E-state index contributed by atoms with van der Waals surface area (Å²) in [5.74, 6) is 1.72. The largest absolute Gasteiger partial charge is 0.356 e. The number of nitrogens with one attached hydrogen (secondary N) is 1. The number of nitrogens with zero attached hydrogens (tertiary/aromatic N) is 1. The summed E-state index contributed by atoms with van der Waals surface area (Å²) in [6.45, 7) is 0.632. The number of carbonyl (C=O) groups excluding carboxylic acids is 1. The van der Waals surface area contributed by atoms with E-state index >= 15 is 0 Å². The first-order valence-electron chi connectivity index (χ1n) is 7.64. The van der Waals surface area contributed by atoms with Gasteiger partial charge in [0.2, 0.25) is 5.91 Å². The van der Waals surface area contributed by atoms with Gasteiger partial charge in [0.25, 0.3) is 0 Å². The third kappa shape index (κ3) is 4.52. The van der Waals surface area contributed by atoms with Gasteiger partial charge in [0, 0.05) is 28.5 Å². The van der Waals surface area contributed by atoms with Crippen LogP contribution < -0.4 is 5.32 Å². The number of hydrogen-bond donors (Lipinski definition) is 1. The summed E-state index contributed by atoms with van der Waals surface area (Å²) in [6, 6.07) is 15.4. The normalized spacial score (nSPS) is 10.9. The Morgan fingerprint density at radius 2 is 1.96 bits per heavy atom. The number of para-hydroxylation sites is 1. The summed E-state index contributed by atoms with van der Waals surface area (Å²) in [6.07, 6.45) is 0.235. The Kier molecular flexibility index (Phi) is 5.77.